The molecular formula is C20H17N3O3S. The largest absolute Gasteiger partial charge is 0.459 e. The van der Waals surface area contributed by atoms with Crippen molar-refractivity contribution in [3.63, 3.8) is 0 Å². The number of hydrogen-bond donors (Lipinski definition) is 0. The molecule has 2 heterocycles. The average molecular weight is 379 g/mol. The molecule has 6 nitrogen and oxygen atoms in total. The Morgan fingerprint density at radius 2 is 1.93 bits per heavy atom. The highest BCUT2D eigenvalue weighted by Gasteiger charge is 2.26. The summed E-state index contributed by atoms with van der Waals surface area (Å²) >= 11 is 1.49. The lowest BCUT2D eigenvalue weighted by Crippen LogP contribution is -2.39. The molecule has 0 aliphatic carbocycles. The van der Waals surface area contributed by atoms with Crippen LogP contribution in [0.2, 0.25) is 0 Å². The molecule has 0 fully saturated rings. The van der Waals surface area contributed by atoms with Crippen LogP contribution in [0.25, 0.3) is 5.69 Å². The topological polar surface area (TPSA) is 64.4 Å². The summed E-state index contributed by atoms with van der Waals surface area (Å²) < 4.78 is 7.12. The van der Waals surface area contributed by atoms with E-state index < -0.39 is 5.97 Å². The van der Waals surface area contributed by atoms with Crippen molar-refractivity contribution in [2.75, 3.05) is 17.2 Å². The van der Waals surface area contributed by atoms with Crippen LogP contribution in [0.5, 0.6) is 0 Å². The number of hydrogen-bond acceptors (Lipinski definition) is 5. The van der Waals surface area contributed by atoms with Crippen LogP contribution in [0, 0.1) is 0 Å². The summed E-state index contributed by atoms with van der Waals surface area (Å²) in [5.74, 6) is -0.181. The van der Waals surface area contributed by atoms with Gasteiger partial charge < -0.3 is 4.74 Å². The van der Waals surface area contributed by atoms with E-state index in [4.69, 9.17) is 4.74 Å². The van der Waals surface area contributed by atoms with Crippen LogP contribution in [-0.4, -0.2) is 34.0 Å². The third kappa shape index (κ3) is 3.88. The maximum Gasteiger partial charge on any atom is 0.326 e. The highest BCUT2D eigenvalue weighted by Crippen LogP contribution is 2.34. The second-order valence-electron chi connectivity index (χ2n) is 6.01. The van der Waals surface area contributed by atoms with Gasteiger partial charge >= 0.3 is 5.97 Å². The Morgan fingerprint density at radius 3 is 2.70 bits per heavy atom. The van der Waals surface area contributed by atoms with Gasteiger partial charge in [0.1, 0.15) is 13.2 Å². The predicted octanol–water partition coefficient (Wildman–Crippen LogP) is 3.05. The number of para-hydroxylation sites is 1. The van der Waals surface area contributed by atoms with Gasteiger partial charge in [-0.05, 0) is 35.9 Å². The smallest absolute Gasteiger partial charge is 0.326 e. The highest BCUT2D eigenvalue weighted by molar-refractivity contribution is 8.00. The van der Waals surface area contributed by atoms with E-state index in [0.717, 1.165) is 21.8 Å². The quantitative estimate of drug-likeness (QED) is 0.638. The molecule has 0 atom stereocenters. The van der Waals surface area contributed by atoms with Crippen molar-refractivity contribution in [2.45, 2.75) is 11.5 Å². The van der Waals surface area contributed by atoms with E-state index in [2.05, 4.69) is 5.10 Å². The number of ether oxygens (including phenoxy) is 1. The number of fused-ring (bicyclic) bond motifs is 1. The number of rotatable bonds is 5. The molecule has 4 rings (SSSR count). The number of carbonyl (C=O) groups excluding carboxylic acids is 2. The van der Waals surface area contributed by atoms with Gasteiger partial charge in [-0.25, -0.2) is 4.68 Å². The molecule has 1 amide bonds. The van der Waals surface area contributed by atoms with Crippen molar-refractivity contribution in [3.8, 4) is 5.69 Å². The zero-order chi connectivity index (χ0) is 18.6. The summed E-state index contributed by atoms with van der Waals surface area (Å²) in [6, 6.07) is 17.0. The first kappa shape index (κ1) is 17.4. The molecule has 136 valence electrons. The van der Waals surface area contributed by atoms with E-state index >= 15 is 0 Å². The molecule has 7 heteroatoms. The molecule has 2 aromatic carbocycles. The fraction of sp³-hybridized carbons (Fsp3) is 0.150. The molecule has 3 aromatic rings. The normalized spacial score (nSPS) is 13.3. The zero-order valence-corrected chi connectivity index (χ0v) is 15.3. The van der Waals surface area contributed by atoms with Crippen LogP contribution in [0.15, 0.2) is 71.9 Å². The van der Waals surface area contributed by atoms with E-state index in [1.807, 2.05) is 60.8 Å². The van der Waals surface area contributed by atoms with E-state index in [0.29, 0.717) is 5.75 Å². The lowest BCUT2D eigenvalue weighted by molar-refractivity contribution is -0.144. The predicted molar refractivity (Wildman–Crippen MR) is 103 cm³/mol. The van der Waals surface area contributed by atoms with Gasteiger partial charge in [-0.1, -0.05) is 24.3 Å². The molecule has 0 spiro atoms. The van der Waals surface area contributed by atoms with Crippen molar-refractivity contribution >= 4 is 29.3 Å². The van der Waals surface area contributed by atoms with E-state index in [9.17, 15) is 9.59 Å². The first-order chi connectivity index (χ1) is 13.2. The zero-order valence-electron chi connectivity index (χ0n) is 14.4. The van der Waals surface area contributed by atoms with E-state index in [1.165, 1.54) is 16.7 Å². The summed E-state index contributed by atoms with van der Waals surface area (Å²) in [7, 11) is 0. The summed E-state index contributed by atoms with van der Waals surface area (Å²) in [5, 5.41) is 4.17. The Morgan fingerprint density at radius 1 is 1.11 bits per heavy atom. The number of benzene rings is 2. The van der Waals surface area contributed by atoms with Crippen molar-refractivity contribution < 1.29 is 14.3 Å². The number of carbonyl (C=O) groups is 2. The Balaban J connectivity index is 1.37. The molecule has 0 unspecified atom stereocenters. The van der Waals surface area contributed by atoms with Crippen LogP contribution in [0.4, 0.5) is 5.69 Å². The van der Waals surface area contributed by atoms with Gasteiger partial charge in [-0.2, -0.15) is 5.10 Å². The van der Waals surface area contributed by atoms with E-state index in [-0.39, 0.29) is 19.1 Å². The minimum atomic E-state index is -0.429. The Kier molecular flexibility index (Phi) is 4.93. The minimum Gasteiger partial charge on any atom is -0.459 e. The number of thioether (sulfide) groups is 1. The summed E-state index contributed by atoms with van der Waals surface area (Å²) in [6.07, 6.45) is 3.58. The number of aromatic nitrogens is 2. The van der Waals surface area contributed by atoms with Gasteiger partial charge in [-0.15, -0.1) is 11.8 Å². The average Bonchev–Trinajstić information content (AvgIpc) is 3.24. The van der Waals surface area contributed by atoms with Gasteiger partial charge in [0.05, 0.1) is 17.1 Å². The SMILES string of the molecule is O=C(CN1C(=O)CSc2ccccc21)OCc1ccc(-n2cccn2)cc1. The fourth-order valence-corrected chi connectivity index (χ4v) is 3.77. The van der Waals surface area contributed by atoms with Crippen molar-refractivity contribution in [1.82, 2.24) is 9.78 Å². The Labute approximate surface area is 160 Å². The van der Waals surface area contributed by atoms with Crippen molar-refractivity contribution in [3.05, 3.63) is 72.6 Å². The molecule has 1 aliphatic heterocycles. The van der Waals surface area contributed by atoms with Crippen LogP contribution >= 0.6 is 11.8 Å². The number of anilines is 1. The summed E-state index contributed by atoms with van der Waals surface area (Å²) in [4.78, 5) is 27.0. The van der Waals surface area contributed by atoms with Gasteiger partial charge in [0.2, 0.25) is 5.91 Å². The van der Waals surface area contributed by atoms with Gasteiger partial charge in [0.25, 0.3) is 0 Å². The molecule has 1 aromatic heterocycles. The fourth-order valence-electron chi connectivity index (χ4n) is 2.83. The van der Waals surface area contributed by atoms with Crippen LogP contribution in [0.1, 0.15) is 5.56 Å². The van der Waals surface area contributed by atoms with E-state index in [1.54, 1.807) is 10.9 Å². The molecule has 0 radical (unpaired) electrons. The molecule has 0 bridgehead atoms. The third-order valence-corrected chi connectivity index (χ3v) is 5.25. The maximum absolute atomic E-state index is 12.3. The highest BCUT2D eigenvalue weighted by atomic mass is 32.2. The lowest BCUT2D eigenvalue weighted by Gasteiger charge is -2.27. The van der Waals surface area contributed by atoms with Gasteiger partial charge in [0, 0.05) is 17.3 Å². The van der Waals surface area contributed by atoms with Crippen molar-refractivity contribution in [2.24, 2.45) is 0 Å². The summed E-state index contributed by atoms with van der Waals surface area (Å²) in [5.41, 5.74) is 2.57. The summed E-state index contributed by atoms with van der Waals surface area (Å²) in [6.45, 7) is 0.0818. The van der Waals surface area contributed by atoms with Crippen LogP contribution in [0.3, 0.4) is 0 Å². The second kappa shape index (κ2) is 7.67. The first-order valence-corrected chi connectivity index (χ1v) is 9.46. The third-order valence-electron chi connectivity index (χ3n) is 4.20. The molecule has 0 saturated carbocycles. The van der Waals surface area contributed by atoms with Gasteiger partial charge in [0.15, 0.2) is 0 Å². The number of esters is 1. The Hall–Kier alpha value is -3.06. The molecular weight excluding hydrogens is 362 g/mol. The number of amides is 1. The van der Waals surface area contributed by atoms with Crippen LogP contribution in [-0.2, 0) is 20.9 Å². The molecule has 27 heavy (non-hydrogen) atoms. The minimum absolute atomic E-state index is 0.0816. The number of nitrogens with zero attached hydrogens (tertiary/aromatic N) is 3. The molecule has 0 saturated heterocycles. The van der Waals surface area contributed by atoms with Gasteiger partial charge in [-0.3, -0.25) is 14.5 Å². The van der Waals surface area contributed by atoms with Crippen LogP contribution < -0.4 is 4.90 Å². The Bertz CT molecular complexity index is 955. The first-order valence-electron chi connectivity index (χ1n) is 8.47. The standard InChI is InChI=1S/C20H17N3O3S/c24-19-14-27-18-5-2-1-4-17(18)22(19)12-20(25)26-13-15-6-8-16(9-7-15)23-11-3-10-21-23/h1-11H,12-14H2. The maximum atomic E-state index is 12.3. The lowest BCUT2D eigenvalue weighted by atomic mass is 10.2. The van der Waals surface area contributed by atoms with Crippen molar-refractivity contribution in [1.29, 1.82) is 0 Å². The molecule has 0 N–H and O–H groups in total. The second-order valence-corrected chi connectivity index (χ2v) is 7.03. The molecule has 1 aliphatic rings. The monoisotopic (exact) mass is 379 g/mol.